The molecule has 1 N–H and O–H groups in total. The highest BCUT2D eigenvalue weighted by Crippen LogP contribution is 2.30. The molecule has 106 valence electrons. The van der Waals surface area contributed by atoms with Crippen molar-refractivity contribution < 1.29 is 9.66 Å². The number of hydrogen-bond acceptors (Lipinski definition) is 5. The molecule has 0 aliphatic carbocycles. The van der Waals surface area contributed by atoms with Crippen LogP contribution < -0.4 is 10.1 Å². The van der Waals surface area contributed by atoms with E-state index in [1.165, 1.54) is 12.1 Å². The zero-order valence-electron chi connectivity index (χ0n) is 11.2. The standard InChI is InChI=1S/C14H17N3O3/c15-9-12-4-1-5-13(14(12)17(18)19)20-8-6-11-3-2-7-16-10-11/h1,4-5,11,16H,2-3,6-8,10H2. The number of para-hydroxylation sites is 1. The summed E-state index contributed by atoms with van der Waals surface area (Å²) in [4.78, 5) is 10.5. The normalized spacial score (nSPS) is 18.2. The molecular formula is C14H17N3O3. The van der Waals surface area contributed by atoms with Gasteiger partial charge >= 0.3 is 5.69 Å². The Kier molecular flexibility index (Phi) is 4.91. The molecule has 1 fully saturated rings. The first-order chi connectivity index (χ1) is 9.72. The SMILES string of the molecule is N#Cc1cccc(OCCC2CCCNC2)c1[N+](=O)[O-]. The number of nitriles is 1. The van der Waals surface area contributed by atoms with Crippen LogP contribution in [0.4, 0.5) is 5.69 Å². The van der Waals surface area contributed by atoms with Crippen LogP contribution in [-0.2, 0) is 0 Å². The maximum atomic E-state index is 11.0. The van der Waals surface area contributed by atoms with Crippen molar-refractivity contribution in [1.82, 2.24) is 5.32 Å². The molecule has 1 aliphatic rings. The van der Waals surface area contributed by atoms with Crippen molar-refractivity contribution in [3.05, 3.63) is 33.9 Å². The molecule has 1 aliphatic heterocycles. The van der Waals surface area contributed by atoms with E-state index in [1.54, 1.807) is 6.07 Å². The minimum Gasteiger partial charge on any atom is -0.487 e. The van der Waals surface area contributed by atoms with E-state index in [0.717, 1.165) is 32.4 Å². The number of nitrogens with one attached hydrogen (secondary N) is 1. The number of piperidine rings is 1. The van der Waals surface area contributed by atoms with Gasteiger partial charge < -0.3 is 10.1 Å². The van der Waals surface area contributed by atoms with Crippen LogP contribution in [0.3, 0.4) is 0 Å². The summed E-state index contributed by atoms with van der Waals surface area (Å²) in [7, 11) is 0. The second-order valence-corrected chi connectivity index (χ2v) is 4.87. The van der Waals surface area contributed by atoms with Crippen molar-refractivity contribution in [2.75, 3.05) is 19.7 Å². The number of ether oxygens (including phenoxy) is 1. The molecular weight excluding hydrogens is 258 g/mol. The molecule has 6 heteroatoms. The molecule has 1 saturated heterocycles. The van der Waals surface area contributed by atoms with Crippen molar-refractivity contribution in [1.29, 1.82) is 5.26 Å². The van der Waals surface area contributed by atoms with E-state index in [1.807, 2.05) is 6.07 Å². The van der Waals surface area contributed by atoms with Crippen molar-refractivity contribution in [2.45, 2.75) is 19.3 Å². The van der Waals surface area contributed by atoms with Crippen LogP contribution in [0.15, 0.2) is 18.2 Å². The van der Waals surface area contributed by atoms with E-state index >= 15 is 0 Å². The third-order valence-electron chi connectivity index (χ3n) is 3.48. The Balaban J connectivity index is 1.98. The van der Waals surface area contributed by atoms with Gasteiger partial charge in [0, 0.05) is 0 Å². The molecule has 0 bridgehead atoms. The molecule has 0 amide bonds. The summed E-state index contributed by atoms with van der Waals surface area (Å²) >= 11 is 0. The molecule has 1 aromatic rings. The van der Waals surface area contributed by atoms with Gasteiger partial charge in [0.15, 0.2) is 5.75 Å². The van der Waals surface area contributed by atoms with Crippen LogP contribution in [0.5, 0.6) is 5.75 Å². The highest BCUT2D eigenvalue weighted by atomic mass is 16.6. The molecule has 20 heavy (non-hydrogen) atoms. The Labute approximate surface area is 117 Å². The fourth-order valence-corrected chi connectivity index (χ4v) is 2.42. The second kappa shape index (κ2) is 6.87. The molecule has 0 aromatic heterocycles. The number of nitro benzene ring substituents is 1. The molecule has 0 saturated carbocycles. The summed E-state index contributed by atoms with van der Waals surface area (Å²) in [6.07, 6.45) is 3.19. The molecule has 1 unspecified atom stereocenters. The van der Waals surface area contributed by atoms with Crippen molar-refractivity contribution >= 4 is 5.69 Å². The van der Waals surface area contributed by atoms with Crippen LogP contribution in [0, 0.1) is 27.4 Å². The Bertz CT molecular complexity index is 519. The average molecular weight is 275 g/mol. The zero-order valence-corrected chi connectivity index (χ0v) is 11.2. The fourth-order valence-electron chi connectivity index (χ4n) is 2.42. The van der Waals surface area contributed by atoms with Crippen LogP contribution in [-0.4, -0.2) is 24.6 Å². The summed E-state index contributed by atoms with van der Waals surface area (Å²) in [5.74, 6) is 0.736. The van der Waals surface area contributed by atoms with Gasteiger partial charge in [-0.15, -0.1) is 0 Å². The quantitative estimate of drug-likeness (QED) is 0.657. The third-order valence-corrected chi connectivity index (χ3v) is 3.48. The lowest BCUT2D eigenvalue weighted by molar-refractivity contribution is -0.386. The van der Waals surface area contributed by atoms with Gasteiger partial charge in [0.2, 0.25) is 0 Å². The lowest BCUT2D eigenvalue weighted by Gasteiger charge is -2.22. The van der Waals surface area contributed by atoms with Crippen LogP contribution >= 0.6 is 0 Å². The lowest BCUT2D eigenvalue weighted by atomic mass is 9.97. The van der Waals surface area contributed by atoms with Crippen LogP contribution in [0.2, 0.25) is 0 Å². The van der Waals surface area contributed by atoms with Crippen LogP contribution in [0.1, 0.15) is 24.8 Å². The largest absolute Gasteiger partial charge is 0.487 e. The van der Waals surface area contributed by atoms with E-state index in [0.29, 0.717) is 12.5 Å². The molecule has 0 spiro atoms. The van der Waals surface area contributed by atoms with Crippen LogP contribution in [0.25, 0.3) is 0 Å². The van der Waals surface area contributed by atoms with Gasteiger partial charge in [-0.05, 0) is 50.4 Å². The highest BCUT2D eigenvalue weighted by Gasteiger charge is 2.21. The van der Waals surface area contributed by atoms with Gasteiger partial charge in [0.25, 0.3) is 0 Å². The van der Waals surface area contributed by atoms with Crippen molar-refractivity contribution in [3.8, 4) is 11.8 Å². The van der Waals surface area contributed by atoms with Gasteiger partial charge in [0.1, 0.15) is 11.6 Å². The second-order valence-electron chi connectivity index (χ2n) is 4.87. The summed E-state index contributed by atoms with van der Waals surface area (Å²) in [6, 6.07) is 6.39. The number of nitro groups is 1. The molecule has 1 heterocycles. The van der Waals surface area contributed by atoms with Gasteiger partial charge in [0.05, 0.1) is 11.5 Å². The topological polar surface area (TPSA) is 88.2 Å². The Morgan fingerprint density at radius 1 is 1.55 bits per heavy atom. The Morgan fingerprint density at radius 3 is 3.05 bits per heavy atom. The fraction of sp³-hybridized carbons (Fsp3) is 0.500. The van der Waals surface area contributed by atoms with Gasteiger partial charge in [-0.1, -0.05) is 6.07 Å². The summed E-state index contributed by atoms with van der Waals surface area (Å²) in [6.45, 7) is 2.47. The number of benzene rings is 1. The molecule has 1 atom stereocenters. The van der Waals surface area contributed by atoms with Gasteiger partial charge in [-0.3, -0.25) is 10.1 Å². The predicted molar refractivity (Wildman–Crippen MR) is 73.5 cm³/mol. The lowest BCUT2D eigenvalue weighted by Crippen LogP contribution is -2.30. The minimum absolute atomic E-state index is 0.0341. The van der Waals surface area contributed by atoms with E-state index in [2.05, 4.69) is 5.32 Å². The monoisotopic (exact) mass is 275 g/mol. The average Bonchev–Trinajstić information content (AvgIpc) is 2.47. The minimum atomic E-state index is -0.559. The highest BCUT2D eigenvalue weighted by molar-refractivity contribution is 5.57. The number of nitrogens with zero attached hydrogens (tertiary/aromatic N) is 2. The first kappa shape index (κ1) is 14.3. The number of hydrogen-bond donors (Lipinski definition) is 1. The maximum Gasteiger partial charge on any atom is 0.328 e. The van der Waals surface area contributed by atoms with Crippen molar-refractivity contribution in [3.63, 3.8) is 0 Å². The maximum absolute atomic E-state index is 11.0. The summed E-state index contributed by atoms with van der Waals surface area (Å²) in [5.41, 5.74) is -0.205. The van der Waals surface area contributed by atoms with E-state index in [-0.39, 0.29) is 17.0 Å². The predicted octanol–water partition coefficient (Wildman–Crippen LogP) is 2.23. The first-order valence-corrected chi connectivity index (χ1v) is 6.73. The van der Waals surface area contributed by atoms with E-state index in [4.69, 9.17) is 10.00 Å². The first-order valence-electron chi connectivity index (χ1n) is 6.73. The van der Waals surface area contributed by atoms with Gasteiger partial charge in [-0.25, -0.2) is 0 Å². The summed E-state index contributed by atoms with van der Waals surface area (Å²) in [5, 5.41) is 23.3. The number of rotatable bonds is 5. The smallest absolute Gasteiger partial charge is 0.328 e. The molecule has 0 radical (unpaired) electrons. The zero-order chi connectivity index (χ0) is 14.4. The van der Waals surface area contributed by atoms with E-state index in [9.17, 15) is 10.1 Å². The van der Waals surface area contributed by atoms with Crippen molar-refractivity contribution in [2.24, 2.45) is 5.92 Å². The molecule has 6 nitrogen and oxygen atoms in total. The third kappa shape index (κ3) is 3.45. The summed E-state index contributed by atoms with van der Waals surface area (Å²) < 4.78 is 5.52. The Morgan fingerprint density at radius 2 is 2.40 bits per heavy atom. The molecule has 1 aromatic carbocycles. The van der Waals surface area contributed by atoms with E-state index < -0.39 is 4.92 Å². The molecule has 2 rings (SSSR count). The van der Waals surface area contributed by atoms with Gasteiger partial charge in [-0.2, -0.15) is 5.26 Å². The Hall–Kier alpha value is -2.13.